The lowest BCUT2D eigenvalue weighted by molar-refractivity contribution is -0.384. The van der Waals surface area contributed by atoms with Crippen LogP contribution in [0.3, 0.4) is 0 Å². The van der Waals surface area contributed by atoms with Crippen molar-refractivity contribution in [2.24, 2.45) is 11.7 Å². The number of nitrogens with one attached hydrogen (secondary N) is 2. The van der Waals surface area contributed by atoms with E-state index < -0.39 is 11.0 Å². The maximum absolute atomic E-state index is 12.0. The van der Waals surface area contributed by atoms with Crippen molar-refractivity contribution in [1.29, 1.82) is 0 Å². The van der Waals surface area contributed by atoms with Crippen molar-refractivity contribution < 1.29 is 14.5 Å². The van der Waals surface area contributed by atoms with E-state index in [0.29, 0.717) is 26.3 Å². The van der Waals surface area contributed by atoms with Crippen LogP contribution in [0, 0.1) is 16.0 Å². The van der Waals surface area contributed by atoms with Crippen molar-refractivity contribution in [3.8, 4) is 0 Å². The molecule has 1 fully saturated rings. The highest BCUT2D eigenvalue weighted by molar-refractivity contribution is 5.81. The number of ether oxygens (including phenoxy) is 1. The van der Waals surface area contributed by atoms with Crippen LogP contribution in [0.15, 0.2) is 24.3 Å². The molecule has 0 aromatic heterocycles. The summed E-state index contributed by atoms with van der Waals surface area (Å²) in [6.45, 7) is 2.28. The zero-order chi connectivity index (χ0) is 16.7. The molecular formula is C15H22N4O4. The number of amides is 1. The van der Waals surface area contributed by atoms with E-state index in [-0.39, 0.29) is 17.5 Å². The predicted octanol–water partition coefficient (Wildman–Crippen LogP) is 0.877. The Bertz CT molecular complexity index is 529. The fourth-order valence-electron chi connectivity index (χ4n) is 2.50. The molecule has 8 nitrogen and oxygen atoms in total. The van der Waals surface area contributed by atoms with E-state index in [2.05, 4.69) is 10.6 Å². The molecule has 1 aromatic rings. The summed E-state index contributed by atoms with van der Waals surface area (Å²) in [6, 6.07) is 5.63. The van der Waals surface area contributed by atoms with E-state index in [4.69, 9.17) is 10.5 Å². The minimum atomic E-state index is -0.502. The second kappa shape index (κ2) is 8.44. The van der Waals surface area contributed by atoms with Crippen LogP contribution in [0.1, 0.15) is 12.8 Å². The maximum atomic E-state index is 12.0. The first-order valence-electron chi connectivity index (χ1n) is 7.67. The smallest absolute Gasteiger partial charge is 0.269 e. The molecule has 0 aliphatic carbocycles. The van der Waals surface area contributed by atoms with Crippen molar-refractivity contribution >= 4 is 17.3 Å². The van der Waals surface area contributed by atoms with Gasteiger partial charge in [-0.05, 0) is 30.9 Å². The quantitative estimate of drug-likeness (QED) is 0.389. The van der Waals surface area contributed by atoms with Crippen molar-refractivity contribution in [2.45, 2.75) is 18.9 Å². The highest BCUT2D eigenvalue weighted by atomic mass is 16.6. The number of anilines is 1. The monoisotopic (exact) mass is 322 g/mol. The fraction of sp³-hybridized carbons (Fsp3) is 0.533. The Hall–Kier alpha value is -2.19. The van der Waals surface area contributed by atoms with Crippen LogP contribution in [-0.4, -0.2) is 43.2 Å². The standard InChI is InChI=1S/C15H22N4O4/c16-14(11-5-9-23-10-6-11)15(20)18-8-7-17-12-1-3-13(4-2-12)19(21)22/h1-4,11,14,17H,5-10,16H2,(H,18,20). The summed E-state index contributed by atoms with van der Waals surface area (Å²) in [5, 5.41) is 16.5. The van der Waals surface area contributed by atoms with E-state index in [0.717, 1.165) is 18.5 Å². The first-order chi connectivity index (χ1) is 11.1. The number of nitro benzene ring substituents is 1. The second-order valence-corrected chi connectivity index (χ2v) is 5.50. The number of rotatable bonds is 7. The van der Waals surface area contributed by atoms with Gasteiger partial charge in [-0.15, -0.1) is 0 Å². The van der Waals surface area contributed by atoms with Gasteiger partial charge in [-0.25, -0.2) is 0 Å². The Kier molecular flexibility index (Phi) is 6.30. The molecule has 1 aliphatic rings. The lowest BCUT2D eigenvalue weighted by atomic mass is 9.92. The summed E-state index contributed by atoms with van der Waals surface area (Å²) in [5.41, 5.74) is 6.79. The van der Waals surface area contributed by atoms with Gasteiger partial charge >= 0.3 is 0 Å². The summed E-state index contributed by atoms with van der Waals surface area (Å²) >= 11 is 0. The van der Waals surface area contributed by atoms with Gasteiger partial charge in [0, 0.05) is 44.1 Å². The van der Waals surface area contributed by atoms with Gasteiger partial charge in [0.2, 0.25) is 5.91 Å². The van der Waals surface area contributed by atoms with Gasteiger partial charge in [0.1, 0.15) is 0 Å². The van der Waals surface area contributed by atoms with Crippen molar-refractivity contribution in [3.05, 3.63) is 34.4 Å². The molecule has 23 heavy (non-hydrogen) atoms. The molecule has 0 bridgehead atoms. The van der Waals surface area contributed by atoms with Crippen LogP contribution in [0.4, 0.5) is 11.4 Å². The maximum Gasteiger partial charge on any atom is 0.269 e. The lowest BCUT2D eigenvalue weighted by Crippen LogP contribution is -2.48. The predicted molar refractivity (Wildman–Crippen MR) is 86.1 cm³/mol. The molecule has 1 aromatic carbocycles. The Labute approximate surface area is 134 Å². The number of carbonyl (C=O) groups excluding carboxylic acids is 1. The van der Waals surface area contributed by atoms with Crippen molar-refractivity contribution in [2.75, 3.05) is 31.6 Å². The normalized spacial score (nSPS) is 16.6. The minimum Gasteiger partial charge on any atom is -0.383 e. The molecule has 1 unspecified atom stereocenters. The average Bonchev–Trinajstić information content (AvgIpc) is 2.59. The number of carbonyl (C=O) groups is 1. The molecule has 4 N–H and O–H groups in total. The number of benzene rings is 1. The Morgan fingerprint density at radius 3 is 2.57 bits per heavy atom. The molecule has 8 heteroatoms. The molecule has 1 atom stereocenters. The molecule has 2 rings (SSSR count). The Balaban J connectivity index is 1.68. The van der Waals surface area contributed by atoms with Crippen LogP contribution in [0.2, 0.25) is 0 Å². The SMILES string of the molecule is NC(C(=O)NCCNc1ccc([N+](=O)[O-])cc1)C1CCOCC1. The lowest BCUT2D eigenvalue weighted by Gasteiger charge is -2.26. The van der Waals surface area contributed by atoms with Crippen molar-refractivity contribution in [1.82, 2.24) is 5.32 Å². The summed E-state index contributed by atoms with van der Waals surface area (Å²) in [4.78, 5) is 22.1. The molecule has 1 heterocycles. The van der Waals surface area contributed by atoms with Gasteiger partial charge in [-0.3, -0.25) is 14.9 Å². The molecular weight excluding hydrogens is 300 g/mol. The van der Waals surface area contributed by atoms with Gasteiger partial charge in [0.05, 0.1) is 11.0 Å². The second-order valence-electron chi connectivity index (χ2n) is 5.50. The number of hydrogen-bond acceptors (Lipinski definition) is 6. The molecule has 0 saturated carbocycles. The summed E-state index contributed by atoms with van der Waals surface area (Å²) < 4.78 is 5.26. The van der Waals surface area contributed by atoms with Crippen molar-refractivity contribution in [3.63, 3.8) is 0 Å². The van der Waals surface area contributed by atoms with E-state index in [1.807, 2.05) is 0 Å². The third kappa shape index (κ3) is 5.19. The average molecular weight is 322 g/mol. The van der Waals surface area contributed by atoms with Crippen LogP contribution in [0.25, 0.3) is 0 Å². The Morgan fingerprint density at radius 1 is 1.30 bits per heavy atom. The number of nitrogens with two attached hydrogens (primary N) is 1. The molecule has 126 valence electrons. The highest BCUT2D eigenvalue weighted by Gasteiger charge is 2.26. The molecule has 0 radical (unpaired) electrons. The van der Waals surface area contributed by atoms with E-state index in [9.17, 15) is 14.9 Å². The summed E-state index contributed by atoms with van der Waals surface area (Å²) in [6.07, 6.45) is 1.63. The van der Waals surface area contributed by atoms with E-state index in [1.54, 1.807) is 12.1 Å². The van der Waals surface area contributed by atoms with E-state index in [1.165, 1.54) is 12.1 Å². The molecule has 1 saturated heterocycles. The van der Waals surface area contributed by atoms with Gasteiger partial charge in [0.15, 0.2) is 0 Å². The number of non-ortho nitro benzene ring substituents is 1. The summed E-state index contributed by atoms with van der Waals surface area (Å²) in [5.74, 6) is 0.0220. The molecule has 1 amide bonds. The zero-order valence-corrected chi connectivity index (χ0v) is 12.9. The van der Waals surface area contributed by atoms with Crippen LogP contribution >= 0.6 is 0 Å². The van der Waals surface area contributed by atoms with E-state index >= 15 is 0 Å². The van der Waals surface area contributed by atoms with Crippen LogP contribution in [-0.2, 0) is 9.53 Å². The number of nitro groups is 1. The Morgan fingerprint density at radius 2 is 1.96 bits per heavy atom. The number of nitrogens with zero attached hydrogens (tertiary/aromatic N) is 1. The van der Waals surface area contributed by atoms with Gasteiger partial charge in [0.25, 0.3) is 5.69 Å². The van der Waals surface area contributed by atoms with Gasteiger partial charge < -0.3 is 21.1 Å². The molecule has 0 spiro atoms. The summed E-state index contributed by atoms with van der Waals surface area (Å²) in [7, 11) is 0. The zero-order valence-electron chi connectivity index (χ0n) is 12.9. The topological polar surface area (TPSA) is 120 Å². The minimum absolute atomic E-state index is 0.0475. The first-order valence-corrected chi connectivity index (χ1v) is 7.67. The van der Waals surface area contributed by atoms with Gasteiger partial charge in [-0.2, -0.15) is 0 Å². The number of hydrogen-bond donors (Lipinski definition) is 3. The van der Waals surface area contributed by atoms with Crippen LogP contribution in [0.5, 0.6) is 0 Å². The first kappa shape index (κ1) is 17.2. The van der Waals surface area contributed by atoms with Gasteiger partial charge in [-0.1, -0.05) is 0 Å². The largest absolute Gasteiger partial charge is 0.383 e. The highest BCUT2D eigenvalue weighted by Crippen LogP contribution is 2.17. The third-order valence-electron chi connectivity index (χ3n) is 3.91. The van der Waals surface area contributed by atoms with Crippen LogP contribution < -0.4 is 16.4 Å². The molecule has 1 aliphatic heterocycles. The third-order valence-corrected chi connectivity index (χ3v) is 3.91. The fourth-order valence-corrected chi connectivity index (χ4v) is 2.50.